The van der Waals surface area contributed by atoms with Crippen molar-refractivity contribution in [1.82, 2.24) is 10.4 Å². The number of aromatic nitrogens is 2. The molecule has 0 saturated carbocycles. The first-order chi connectivity index (χ1) is 18.1. The smallest absolute Gasteiger partial charge is 0.196 e. The quantitative estimate of drug-likeness (QED) is 0.343. The average molecular weight is 482 g/mol. The Morgan fingerprint density at radius 1 is 0.432 bits per heavy atom. The first-order valence-corrected chi connectivity index (χ1v) is 11.5. The zero-order chi connectivity index (χ0) is 25.3. The van der Waals surface area contributed by atoms with Gasteiger partial charge < -0.3 is 4.52 Å². The number of benzene rings is 4. The van der Waals surface area contributed by atoms with Crippen LogP contribution in [-0.2, 0) is 0 Å². The van der Waals surface area contributed by atoms with Crippen LogP contribution in [0.15, 0.2) is 89.5 Å². The molecule has 0 N–H and O–H groups in total. The molecule has 1 aromatic heterocycles. The van der Waals surface area contributed by atoms with Crippen molar-refractivity contribution in [2.75, 3.05) is 0 Å². The molecule has 0 amide bonds. The minimum Gasteiger partial charge on any atom is -0.336 e. The van der Waals surface area contributed by atoms with Crippen molar-refractivity contribution >= 4 is 23.1 Å². The molecule has 2 aliphatic rings. The van der Waals surface area contributed by atoms with Gasteiger partial charge in [-0.1, -0.05) is 84.9 Å². The Labute approximate surface area is 209 Å². The fourth-order valence-corrected chi connectivity index (χ4v) is 5.22. The lowest BCUT2D eigenvalue weighted by Crippen LogP contribution is -2.22. The second-order valence-corrected chi connectivity index (χ2v) is 8.81. The summed E-state index contributed by atoms with van der Waals surface area (Å²) >= 11 is 0. The summed E-state index contributed by atoms with van der Waals surface area (Å²) in [6.45, 7) is 0. The normalized spacial score (nSPS) is 13.6. The van der Waals surface area contributed by atoms with Gasteiger partial charge in [0.1, 0.15) is 5.69 Å². The van der Waals surface area contributed by atoms with E-state index in [-0.39, 0.29) is 56.8 Å². The molecule has 0 fully saturated rings. The van der Waals surface area contributed by atoms with E-state index in [1.54, 1.807) is 84.9 Å². The number of carbonyl (C=O) groups is 4. The summed E-state index contributed by atoms with van der Waals surface area (Å²) < 4.78 is 5.54. The van der Waals surface area contributed by atoms with Crippen LogP contribution in [0, 0.1) is 0 Å². The molecule has 7 rings (SSSR count). The van der Waals surface area contributed by atoms with Crippen molar-refractivity contribution in [3.8, 4) is 22.6 Å². The maximum Gasteiger partial charge on any atom is 0.196 e. The monoisotopic (exact) mass is 482 g/mol. The van der Waals surface area contributed by atoms with Crippen LogP contribution in [0.1, 0.15) is 63.7 Å². The van der Waals surface area contributed by atoms with E-state index in [0.717, 1.165) is 0 Å². The standard InChI is InChI=1S/C30H14N2O5/c33-26-15-7-1-3-9-17(15)28(35)23-19(11-5-12-20(23)26)25-30(37-32-31-25)22-14-6-13-21-24(22)29(36)18-10-4-2-8-16(18)27(21)34/h1-14H. The molecule has 7 heteroatoms. The van der Waals surface area contributed by atoms with E-state index in [1.807, 2.05) is 0 Å². The highest BCUT2D eigenvalue weighted by Crippen LogP contribution is 2.41. The van der Waals surface area contributed by atoms with Crippen molar-refractivity contribution in [2.24, 2.45) is 0 Å². The van der Waals surface area contributed by atoms with Gasteiger partial charge in [0.2, 0.25) is 0 Å². The van der Waals surface area contributed by atoms with Crippen LogP contribution in [0.25, 0.3) is 22.6 Å². The first-order valence-electron chi connectivity index (χ1n) is 11.5. The predicted molar refractivity (Wildman–Crippen MR) is 132 cm³/mol. The molecule has 37 heavy (non-hydrogen) atoms. The van der Waals surface area contributed by atoms with Gasteiger partial charge in [0, 0.05) is 60.9 Å². The number of hydrogen-bond acceptors (Lipinski definition) is 7. The molecule has 1 heterocycles. The Bertz CT molecular complexity index is 1730. The summed E-state index contributed by atoms with van der Waals surface area (Å²) in [5.74, 6) is -1.04. The SMILES string of the molecule is O=C1c2ccccc2C(=O)c2c1cccc2-c1nnoc1-c1cccc2c1C(=O)c1ccccc1C2=O. The lowest BCUT2D eigenvalue weighted by atomic mass is 9.79. The maximum atomic E-state index is 13.6. The highest BCUT2D eigenvalue weighted by molar-refractivity contribution is 6.31. The van der Waals surface area contributed by atoms with Crippen molar-refractivity contribution in [2.45, 2.75) is 0 Å². The number of hydrogen-bond donors (Lipinski definition) is 0. The summed E-state index contributed by atoms with van der Waals surface area (Å²) in [5, 5.41) is 7.88. The molecule has 2 aliphatic carbocycles. The second-order valence-electron chi connectivity index (χ2n) is 8.81. The second kappa shape index (κ2) is 7.60. The van der Waals surface area contributed by atoms with E-state index in [1.165, 1.54) is 0 Å². The van der Waals surface area contributed by atoms with E-state index in [9.17, 15) is 19.2 Å². The van der Waals surface area contributed by atoms with Gasteiger partial charge >= 0.3 is 0 Å². The van der Waals surface area contributed by atoms with Crippen LogP contribution in [0.2, 0.25) is 0 Å². The van der Waals surface area contributed by atoms with Crippen LogP contribution < -0.4 is 0 Å². The summed E-state index contributed by atoms with van der Waals surface area (Å²) in [6.07, 6.45) is 0. The van der Waals surface area contributed by atoms with E-state index in [4.69, 9.17) is 4.52 Å². The average Bonchev–Trinajstić information content (AvgIpc) is 3.43. The molecule has 174 valence electrons. The molecule has 0 atom stereocenters. The number of ketones is 4. The Morgan fingerprint density at radius 2 is 0.838 bits per heavy atom. The topological polar surface area (TPSA) is 107 Å². The van der Waals surface area contributed by atoms with Gasteiger partial charge in [-0.25, -0.2) is 0 Å². The Balaban J connectivity index is 1.45. The third-order valence-corrected chi connectivity index (χ3v) is 6.89. The number of carbonyl (C=O) groups excluding carboxylic acids is 4. The van der Waals surface area contributed by atoms with Crippen LogP contribution in [0.3, 0.4) is 0 Å². The van der Waals surface area contributed by atoms with Gasteiger partial charge in [-0.15, -0.1) is 5.10 Å². The maximum absolute atomic E-state index is 13.6. The van der Waals surface area contributed by atoms with Crippen molar-refractivity contribution in [1.29, 1.82) is 0 Å². The molecule has 4 aromatic carbocycles. The van der Waals surface area contributed by atoms with E-state index in [0.29, 0.717) is 33.4 Å². The molecule has 0 spiro atoms. The lowest BCUT2D eigenvalue weighted by Gasteiger charge is -2.20. The van der Waals surface area contributed by atoms with Crippen LogP contribution >= 0.6 is 0 Å². The third kappa shape index (κ3) is 2.82. The first kappa shape index (κ1) is 21.0. The Hall–Kier alpha value is -5.30. The van der Waals surface area contributed by atoms with Crippen molar-refractivity contribution in [3.63, 3.8) is 0 Å². The lowest BCUT2D eigenvalue weighted by molar-refractivity contribution is 0.0979. The van der Waals surface area contributed by atoms with E-state index >= 15 is 0 Å². The highest BCUT2D eigenvalue weighted by Gasteiger charge is 2.36. The molecule has 0 bridgehead atoms. The third-order valence-electron chi connectivity index (χ3n) is 6.89. The zero-order valence-electron chi connectivity index (χ0n) is 19.0. The number of fused-ring (bicyclic) bond motifs is 4. The minimum absolute atomic E-state index is 0.130. The molecule has 0 aliphatic heterocycles. The summed E-state index contributed by atoms with van der Waals surface area (Å²) in [4.78, 5) is 53.5. The number of rotatable bonds is 2. The van der Waals surface area contributed by atoms with Gasteiger partial charge in [-0.05, 0) is 0 Å². The van der Waals surface area contributed by atoms with E-state index in [2.05, 4.69) is 10.4 Å². The van der Waals surface area contributed by atoms with Gasteiger partial charge in [0.25, 0.3) is 0 Å². The van der Waals surface area contributed by atoms with Gasteiger partial charge in [0.15, 0.2) is 28.9 Å². The fraction of sp³-hybridized carbons (Fsp3) is 0. The number of nitrogens with zero attached hydrogens (tertiary/aromatic N) is 2. The summed E-state index contributed by atoms with van der Waals surface area (Å²) in [7, 11) is 0. The fourth-order valence-electron chi connectivity index (χ4n) is 5.22. The molecular weight excluding hydrogens is 468 g/mol. The van der Waals surface area contributed by atoms with Crippen LogP contribution in [-0.4, -0.2) is 33.5 Å². The summed E-state index contributed by atoms with van der Waals surface area (Å²) in [5.41, 5.74) is 3.06. The molecule has 0 radical (unpaired) electrons. The molecule has 7 nitrogen and oxygen atoms in total. The Kier molecular flexibility index (Phi) is 4.32. The zero-order valence-corrected chi connectivity index (χ0v) is 19.0. The molecule has 0 unspecified atom stereocenters. The Morgan fingerprint density at radius 3 is 1.38 bits per heavy atom. The van der Waals surface area contributed by atoms with Crippen LogP contribution in [0.4, 0.5) is 0 Å². The van der Waals surface area contributed by atoms with E-state index < -0.39 is 0 Å². The van der Waals surface area contributed by atoms with Gasteiger partial charge in [0.05, 0.1) is 0 Å². The molecule has 5 aromatic rings. The van der Waals surface area contributed by atoms with Gasteiger partial charge in [-0.2, -0.15) is 0 Å². The largest absolute Gasteiger partial charge is 0.336 e. The molecular formula is C30H14N2O5. The summed E-state index contributed by atoms with van der Waals surface area (Å²) in [6, 6.07) is 23.2. The van der Waals surface area contributed by atoms with Crippen molar-refractivity contribution < 1.29 is 23.7 Å². The highest BCUT2D eigenvalue weighted by atomic mass is 16.5. The molecule has 0 saturated heterocycles. The predicted octanol–water partition coefficient (Wildman–Crippen LogP) is 4.95. The van der Waals surface area contributed by atoms with Crippen LogP contribution in [0.5, 0.6) is 0 Å². The van der Waals surface area contributed by atoms with Crippen molar-refractivity contribution in [3.05, 3.63) is 129 Å². The minimum atomic E-state index is -0.321. The van der Waals surface area contributed by atoms with Gasteiger partial charge in [-0.3, -0.25) is 19.2 Å².